The highest BCUT2D eigenvalue weighted by Gasteiger charge is 2.21. The third kappa shape index (κ3) is 29.9. The van der Waals surface area contributed by atoms with Gasteiger partial charge in [-0.3, -0.25) is 4.79 Å². The first-order valence-electron chi connectivity index (χ1n) is 7.37. The lowest BCUT2D eigenvalue weighted by Gasteiger charge is -2.13. The van der Waals surface area contributed by atoms with E-state index in [1.54, 1.807) is 7.11 Å². The largest absolute Gasteiger partial charge is 0.463 e. The van der Waals surface area contributed by atoms with Crippen LogP contribution < -0.4 is 0 Å². The Hall–Kier alpha value is -0.895. The van der Waals surface area contributed by atoms with E-state index >= 15 is 0 Å². The molecule has 0 bridgehead atoms. The Labute approximate surface area is 196 Å². The quantitative estimate of drug-likeness (QED) is 0.128. The maximum absolute atomic E-state index is 11.5. The molecule has 0 aromatic rings. The Bertz CT molecular complexity index is 386. The zero-order valence-corrected chi connectivity index (χ0v) is 15.4. The van der Waals surface area contributed by atoms with Gasteiger partial charge in [-0.15, -0.1) is 23.8 Å². The molecule has 1 unspecified atom stereocenters. The monoisotopic (exact) mass is 525 g/mol. The molecule has 0 N–H and O–H groups in total. The van der Waals surface area contributed by atoms with Crippen molar-refractivity contribution in [1.29, 1.82) is 1.93 Å². The number of ether oxygens (including phenoxy) is 3. The van der Waals surface area contributed by atoms with Gasteiger partial charge in [0, 0.05) is 34.1 Å². The number of rotatable bonds is 10. The van der Waals surface area contributed by atoms with Crippen molar-refractivity contribution in [3.05, 3.63) is 12.2 Å². The second-order valence-corrected chi connectivity index (χ2v) is 4.40. The zero-order chi connectivity index (χ0) is 19.5. The van der Waals surface area contributed by atoms with Crippen molar-refractivity contribution in [2.24, 2.45) is 0 Å². The van der Waals surface area contributed by atoms with Gasteiger partial charge in [0.2, 0.25) is 0 Å². The van der Waals surface area contributed by atoms with Crippen LogP contribution in [0.2, 0.25) is 0 Å². The Morgan fingerprint density at radius 3 is 1.89 bits per heavy atom. The van der Waals surface area contributed by atoms with Gasteiger partial charge in [0.25, 0.3) is 0 Å². The molecule has 0 heterocycles. The van der Waals surface area contributed by atoms with Gasteiger partial charge in [-0.05, 0) is 28.0 Å². The number of carbonyl (C=O) groups is 3. The smallest absolute Gasteiger partial charge is 0.347 e. The number of halogens is 1. The van der Waals surface area contributed by atoms with Gasteiger partial charge in [-0.2, -0.15) is 0 Å². The molecule has 0 aliphatic rings. The van der Waals surface area contributed by atoms with Gasteiger partial charge in [0.1, 0.15) is 6.38 Å². The van der Waals surface area contributed by atoms with Gasteiger partial charge in [0.15, 0.2) is 6.10 Å². The van der Waals surface area contributed by atoms with Crippen LogP contribution in [0.15, 0.2) is 12.2 Å². The molecular weight excluding hydrogens is 474 g/mol. The summed E-state index contributed by atoms with van der Waals surface area (Å²) in [7, 11) is 5.35. The van der Waals surface area contributed by atoms with Crippen molar-refractivity contribution in [2.75, 3.05) is 20.3 Å². The first-order chi connectivity index (χ1) is 11.4. The predicted molar refractivity (Wildman–Crippen MR) is 135 cm³/mol. The summed E-state index contributed by atoms with van der Waals surface area (Å²) in [5.74, 6) is -1.57. The van der Waals surface area contributed by atoms with E-state index in [-0.39, 0.29) is 68.9 Å². The molecule has 0 aromatic heterocycles. The third-order valence-electron chi connectivity index (χ3n) is 2.35. The second kappa shape index (κ2) is 33.7. The number of hydrogen-bond donors (Lipinski definition) is 0. The molecule has 0 aromatic carbocycles. The molecule has 0 fully saturated rings. The molecular formula is C20H48BIO6. The number of unbranched alkanes of at least 4 members (excludes halogenated alkanes) is 1. The minimum absolute atomic E-state index is 0. The molecule has 0 saturated carbocycles. The van der Waals surface area contributed by atoms with Crippen molar-refractivity contribution >= 4 is 49.9 Å². The fourth-order valence-corrected chi connectivity index (χ4v) is 1.30. The highest BCUT2D eigenvalue weighted by atomic mass is 127. The van der Waals surface area contributed by atoms with Crippen LogP contribution in [0.1, 0.15) is 77.7 Å². The summed E-state index contributed by atoms with van der Waals surface area (Å²) < 4.78 is 25.6. The lowest BCUT2D eigenvalue weighted by molar-refractivity contribution is -0.164. The number of Topliss-reactive ketones (excluding diaryl/α,β-unsaturated/α-hetero) is 1. The van der Waals surface area contributed by atoms with E-state index < -0.39 is 18.0 Å². The predicted octanol–water partition coefficient (Wildman–Crippen LogP) is 5.21. The zero-order valence-electron chi connectivity index (χ0n) is 15.2. The standard InChI is InChI=1S/C14H22O6.6CH4.BH.HI/c1-10(9-11(2)15)13(16)20-12(3)14(17)19-8-6-5-7-18-4;;;;;;;;/h12H,1,5-9H2,2-4H3;6*1H4;2*1H/i;;;;;;;1D;/hT. The summed E-state index contributed by atoms with van der Waals surface area (Å²) in [4.78, 5) is 33.9. The Kier molecular flexibility index (Phi) is 55.0. The van der Waals surface area contributed by atoms with E-state index in [0.717, 1.165) is 6.42 Å². The van der Waals surface area contributed by atoms with Crippen LogP contribution in [0.5, 0.6) is 0 Å². The van der Waals surface area contributed by atoms with Crippen molar-refractivity contribution < 1.29 is 28.6 Å². The van der Waals surface area contributed by atoms with Crippen LogP contribution in [0.4, 0.5) is 0 Å². The van der Waals surface area contributed by atoms with Crippen LogP contribution >= 0.6 is 23.8 Å². The Morgan fingerprint density at radius 1 is 1.07 bits per heavy atom. The summed E-state index contributed by atoms with van der Waals surface area (Å²) in [5, 5.41) is 0. The molecule has 6 nitrogen and oxygen atoms in total. The first kappa shape index (κ1) is 45.7. The molecule has 0 saturated heterocycles. The van der Waals surface area contributed by atoms with Gasteiger partial charge < -0.3 is 14.2 Å². The molecule has 28 heavy (non-hydrogen) atoms. The van der Waals surface area contributed by atoms with Gasteiger partial charge >= 0.3 is 11.9 Å². The average Bonchev–Trinajstić information content (AvgIpc) is 2.57. The van der Waals surface area contributed by atoms with Crippen molar-refractivity contribution in [3.8, 4) is 0 Å². The summed E-state index contributed by atoms with van der Waals surface area (Å²) in [5.41, 5.74) is 0.0252. The third-order valence-corrected chi connectivity index (χ3v) is 2.35. The van der Waals surface area contributed by atoms with E-state index in [9.17, 15) is 14.4 Å². The summed E-state index contributed by atoms with van der Waals surface area (Å²) in [6.07, 6.45) is 0.357. The van der Waals surface area contributed by atoms with Gasteiger partial charge in [-0.1, -0.05) is 51.1 Å². The summed E-state index contributed by atoms with van der Waals surface area (Å²) >= 11 is 1.40. The van der Waals surface area contributed by atoms with Crippen LogP contribution in [-0.2, 0) is 28.6 Å². The van der Waals surface area contributed by atoms with E-state index in [4.69, 9.17) is 16.1 Å². The lowest BCUT2D eigenvalue weighted by atomic mass is 10.2. The van der Waals surface area contributed by atoms with E-state index in [2.05, 4.69) is 15.0 Å². The molecule has 0 aliphatic heterocycles. The average molecular weight is 525 g/mol. The number of esters is 2. The molecule has 0 spiro atoms. The SMILES string of the molecule is C.C.C.C.C.C.C=C(CC(C)=O)C(=O)OC(C)C(=O)OCCCCOC.[2H][B].[3H]I. The first-order valence-corrected chi connectivity index (χ1v) is 6.42. The molecule has 1 atom stereocenters. The molecule has 0 aliphatic carbocycles. The summed E-state index contributed by atoms with van der Waals surface area (Å²) in [6, 6.07) is 0. The van der Waals surface area contributed by atoms with Crippen LogP contribution in [0.3, 0.4) is 0 Å². The molecule has 8 heteroatoms. The molecule has 174 valence electrons. The maximum Gasteiger partial charge on any atom is 0.347 e. The number of methoxy groups -OCH3 is 1. The normalized spacial score (nSPS) is 8.71. The van der Waals surface area contributed by atoms with Crippen molar-refractivity contribution in [3.63, 3.8) is 0 Å². The van der Waals surface area contributed by atoms with Crippen molar-refractivity contribution in [2.45, 2.75) is 83.8 Å². The lowest BCUT2D eigenvalue weighted by Crippen LogP contribution is -2.27. The minimum Gasteiger partial charge on any atom is -0.463 e. The molecule has 2 radical (unpaired) electrons. The molecule has 0 rings (SSSR count). The van der Waals surface area contributed by atoms with Gasteiger partial charge in [0.05, 0.1) is 6.61 Å². The highest BCUT2D eigenvalue weighted by Crippen LogP contribution is 2.06. The Morgan fingerprint density at radius 2 is 1.50 bits per heavy atom. The van der Waals surface area contributed by atoms with Crippen LogP contribution in [0, 0.1) is 0 Å². The number of hydrogen-bond acceptors (Lipinski definition) is 6. The highest BCUT2D eigenvalue weighted by molar-refractivity contribution is 14.0. The fraction of sp³-hybridized carbons (Fsp3) is 0.750. The van der Waals surface area contributed by atoms with Crippen molar-refractivity contribution in [1.82, 2.24) is 0 Å². The second-order valence-electron chi connectivity index (χ2n) is 4.40. The number of ketones is 1. The summed E-state index contributed by atoms with van der Waals surface area (Å²) in [6.45, 7) is 7.05. The van der Waals surface area contributed by atoms with Crippen LogP contribution in [-0.4, -0.2) is 54.5 Å². The topological polar surface area (TPSA) is 78.9 Å². The van der Waals surface area contributed by atoms with Crippen LogP contribution in [0.25, 0.3) is 0 Å². The fourth-order valence-electron chi connectivity index (χ4n) is 1.30. The Balaban J connectivity index is -0.0000000591. The molecule has 0 amide bonds. The van der Waals surface area contributed by atoms with Gasteiger partial charge in [-0.25, -0.2) is 9.59 Å². The van der Waals surface area contributed by atoms with E-state index in [0.29, 0.717) is 13.0 Å². The maximum atomic E-state index is 11.5. The van der Waals surface area contributed by atoms with E-state index in [1.807, 2.05) is 0 Å². The minimum atomic E-state index is -1.02. The number of carbonyl (C=O) groups excluding carboxylic acids is 3. The van der Waals surface area contributed by atoms with E-state index in [1.165, 1.54) is 37.6 Å².